The summed E-state index contributed by atoms with van der Waals surface area (Å²) < 4.78 is 49.0. The van der Waals surface area contributed by atoms with Gasteiger partial charge in [0.05, 0.1) is 6.04 Å². The van der Waals surface area contributed by atoms with Gasteiger partial charge in [0.2, 0.25) is 5.43 Å². The minimum absolute atomic E-state index is 0.0298. The molecular formula is C28H26F3N3O4S. The van der Waals surface area contributed by atoms with Gasteiger partial charge in [-0.1, -0.05) is 30.3 Å². The number of aromatic nitrogens is 1. The number of ether oxygens (including phenoxy) is 1. The van der Waals surface area contributed by atoms with Crippen molar-refractivity contribution >= 4 is 24.4 Å². The molecule has 2 bridgehead atoms. The second kappa shape index (κ2) is 10.8. The molecule has 2 amide bonds. The van der Waals surface area contributed by atoms with E-state index < -0.39 is 40.9 Å². The number of nitrogens with zero attached hydrogens (tertiary/aromatic N) is 2. The van der Waals surface area contributed by atoms with Gasteiger partial charge in [0.1, 0.15) is 29.6 Å². The summed E-state index contributed by atoms with van der Waals surface area (Å²) in [6.45, 7) is 1.63. The van der Waals surface area contributed by atoms with Crippen LogP contribution < -0.4 is 15.5 Å². The average molecular weight is 558 g/mol. The van der Waals surface area contributed by atoms with E-state index in [-0.39, 0.29) is 46.9 Å². The fourth-order valence-corrected chi connectivity index (χ4v) is 5.45. The normalized spacial score (nSPS) is 20.3. The number of hydrogen-bond acceptors (Lipinski definition) is 5. The third-order valence-corrected chi connectivity index (χ3v) is 7.86. The van der Waals surface area contributed by atoms with Crippen LogP contribution in [0.5, 0.6) is 5.75 Å². The molecule has 0 spiro atoms. The number of carbonyl (C=O) groups excluding carboxylic acids is 2. The maximum Gasteiger partial charge on any atom is 0.274 e. The molecule has 1 fully saturated rings. The van der Waals surface area contributed by atoms with Gasteiger partial charge in [0.25, 0.3) is 11.8 Å². The Hall–Kier alpha value is -3.73. The maximum atomic E-state index is 14.1. The van der Waals surface area contributed by atoms with E-state index in [9.17, 15) is 27.6 Å². The number of benzene rings is 2. The van der Waals surface area contributed by atoms with Crippen LogP contribution in [0.25, 0.3) is 0 Å². The minimum Gasteiger partial charge on any atom is -0.483 e. The molecule has 39 heavy (non-hydrogen) atoms. The molecule has 0 unspecified atom stereocenters. The van der Waals surface area contributed by atoms with Crippen molar-refractivity contribution in [2.75, 3.05) is 6.54 Å². The Labute approximate surface area is 228 Å². The van der Waals surface area contributed by atoms with Crippen LogP contribution >= 0.6 is 12.6 Å². The molecule has 0 aliphatic carbocycles. The SMILES string of the molecule is C[C@H]1CC[C@@H](S)[C@H]2CN1C(=O)c1c(OCc3ccccc3)c(=O)c(C(=O)NCc3c(F)cc(F)cc3F)cn12. The molecular weight excluding hydrogens is 531 g/mol. The lowest BCUT2D eigenvalue weighted by molar-refractivity contribution is 0.0603. The number of hydrogen-bond donors (Lipinski definition) is 2. The van der Waals surface area contributed by atoms with Crippen molar-refractivity contribution in [3.8, 4) is 5.75 Å². The van der Waals surface area contributed by atoms with Crippen LogP contribution in [0.1, 0.15) is 57.8 Å². The second-order valence-electron chi connectivity index (χ2n) is 9.78. The number of halogens is 3. The fraction of sp³-hybridized carbons (Fsp3) is 0.321. The van der Waals surface area contributed by atoms with E-state index in [0.717, 1.165) is 12.0 Å². The number of pyridine rings is 1. The molecule has 1 aromatic heterocycles. The molecule has 3 aromatic rings. The molecule has 204 valence electrons. The largest absolute Gasteiger partial charge is 0.483 e. The van der Waals surface area contributed by atoms with Crippen molar-refractivity contribution in [3.63, 3.8) is 0 Å². The summed E-state index contributed by atoms with van der Waals surface area (Å²) in [7, 11) is 0. The van der Waals surface area contributed by atoms with E-state index in [1.54, 1.807) is 33.7 Å². The highest BCUT2D eigenvalue weighted by atomic mass is 32.1. The van der Waals surface area contributed by atoms with Gasteiger partial charge in [-0.15, -0.1) is 0 Å². The Morgan fingerprint density at radius 2 is 1.79 bits per heavy atom. The van der Waals surface area contributed by atoms with Crippen LogP contribution in [0.15, 0.2) is 53.5 Å². The van der Waals surface area contributed by atoms with Crippen molar-refractivity contribution in [3.05, 3.63) is 98.7 Å². The van der Waals surface area contributed by atoms with Crippen molar-refractivity contribution < 1.29 is 27.5 Å². The van der Waals surface area contributed by atoms with Crippen molar-refractivity contribution in [2.24, 2.45) is 0 Å². The summed E-state index contributed by atoms with van der Waals surface area (Å²) in [6.07, 6.45) is 2.71. The van der Waals surface area contributed by atoms with Gasteiger partial charge in [-0.3, -0.25) is 14.4 Å². The van der Waals surface area contributed by atoms with Gasteiger partial charge < -0.3 is 19.5 Å². The van der Waals surface area contributed by atoms with Crippen molar-refractivity contribution in [2.45, 2.75) is 50.3 Å². The van der Waals surface area contributed by atoms with Crippen LogP contribution in [-0.2, 0) is 13.2 Å². The lowest BCUT2D eigenvalue weighted by atomic mass is 10.0. The van der Waals surface area contributed by atoms with E-state index in [1.807, 2.05) is 13.0 Å². The fourth-order valence-electron chi connectivity index (χ4n) is 5.06. The number of rotatable bonds is 6. The summed E-state index contributed by atoms with van der Waals surface area (Å²) in [5.41, 5.74) is -0.959. The van der Waals surface area contributed by atoms with E-state index >= 15 is 0 Å². The highest BCUT2D eigenvalue weighted by Crippen LogP contribution is 2.37. The predicted molar refractivity (Wildman–Crippen MR) is 141 cm³/mol. The molecule has 11 heteroatoms. The molecule has 1 saturated heterocycles. The minimum atomic E-state index is -1.17. The molecule has 2 aliphatic rings. The zero-order valence-electron chi connectivity index (χ0n) is 21.0. The standard InChI is InChI=1S/C28H26F3N3O4S/c1-15-7-8-23(39)22-13-33(15)28(37)24-26(38-14-16-5-3-2-4-6-16)25(35)19(12-34(22)24)27(36)32-11-18-20(30)9-17(29)10-21(18)31/h2-6,9-10,12,15,22-23,39H,7-8,11,13-14H2,1H3,(H,32,36)/t15-,22+,23+/m0/s1. The predicted octanol–water partition coefficient (Wildman–Crippen LogP) is 4.25. The number of fused-ring (bicyclic) bond motifs is 4. The van der Waals surface area contributed by atoms with Gasteiger partial charge >= 0.3 is 0 Å². The van der Waals surface area contributed by atoms with Gasteiger partial charge in [-0.2, -0.15) is 12.6 Å². The lowest BCUT2D eigenvalue weighted by Gasteiger charge is -2.38. The molecule has 5 rings (SSSR count). The molecule has 7 nitrogen and oxygen atoms in total. The zero-order valence-corrected chi connectivity index (χ0v) is 21.9. The number of nitrogens with one attached hydrogen (secondary N) is 1. The summed E-state index contributed by atoms with van der Waals surface area (Å²) in [5, 5.41) is 2.16. The average Bonchev–Trinajstić information content (AvgIpc) is 3.03. The summed E-state index contributed by atoms with van der Waals surface area (Å²) in [5.74, 6) is -5.01. The van der Waals surface area contributed by atoms with E-state index in [0.29, 0.717) is 25.1 Å². The molecule has 3 atom stereocenters. The zero-order chi connectivity index (χ0) is 27.8. The monoisotopic (exact) mass is 557 g/mol. The quantitative estimate of drug-likeness (QED) is 0.444. The number of carbonyl (C=O) groups is 2. The first-order chi connectivity index (χ1) is 18.7. The van der Waals surface area contributed by atoms with E-state index in [4.69, 9.17) is 17.4 Å². The van der Waals surface area contributed by atoms with Crippen molar-refractivity contribution in [1.29, 1.82) is 0 Å². The molecule has 0 radical (unpaired) electrons. The smallest absolute Gasteiger partial charge is 0.274 e. The maximum absolute atomic E-state index is 14.1. The third kappa shape index (κ3) is 5.15. The number of thiol groups is 1. The Balaban J connectivity index is 1.56. The van der Waals surface area contributed by atoms with Gasteiger partial charge in [-0.05, 0) is 25.3 Å². The van der Waals surface area contributed by atoms with Crippen LogP contribution in [0.2, 0.25) is 0 Å². The summed E-state index contributed by atoms with van der Waals surface area (Å²) >= 11 is 4.76. The topological polar surface area (TPSA) is 80.6 Å². The van der Waals surface area contributed by atoms with Crippen LogP contribution in [0.3, 0.4) is 0 Å². The van der Waals surface area contributed by atoms with Crippen LogP contribution in [-0.4, -0.2) is 39.1 Å². The van der Waals surface area contributed by atoms with Crippen molar-refractivity contribution in [1.82, 2.24) is 14.8 Å². The van der Waals surface area contributed by atoms with Gasteiger partial charge in [0.15, 0.2) is 11.4 Å². The Kier molecular flexibility index (Phi) is 7.44. The molecule has 0 saturated carbocycles. The Bertz CT molecular complexity index is 1470. The summed E-state index contributed by atoms with van der Waals surface area (Å²) in [6, 6.07) is 9.61. The highest BCUT2D eigenvalue weighted by molar-refractivity contribution is 7.81. The van der Waals surface area contributed by atoms with E-state index in [1.165, 1.54) is 6.20 Å². The molecule has 2 aromatic carbocycles. The van der Waals surface area contributed by atoms with Gasteiger partial charge in [0, 0.05) is 48.3 Å². The van der Waals surface area contributed by atoms with Crippen LogP contribution in [0, 0.1) is 17.5 Å². The Morgan fingerprint density at radius 3 is 2.49 bits per heavy atom. The van der Waals surface area contributed by atoms with E-state index in [2.05, 4.69) is 5.32 Å². The summed E-state index contributed by atoms with van der Waals surface area (Å²) in [4.78, 5) is 42.1. The third-order valence-electron chi connectivity index (χ3n) is 7.26. The molecule has 1 N–H and O–H groups in total. The molecule has 2 aliphatic heterocycles. The van der Waals surface area contributed by atoms with Gasteiger partial charge in [-0.25, -0.2) is 13.2 Å². The first kappa shape index (κ1) is 26.9. The lowest BCUT2D eigenvalue weighted by Crippen LogP contribution is -2.49. The second-order valence-corrected chi connectivity index (χ2v) is 10.4. The Morgan fingerprint density at radius 1 is 1.10 bits per heavy atom. The molecule has 3 heterocycles. The van der Waals surface area contributed by atoms with Crippen LogP contribution in [0.4, 0.5) is 13.2 Å². The number of amides is 2. The first-order valence-electron chi connectivity index (χ1n) is 12.5. The highest BCUT2D eigenvalue weighted by Gasteiger charge is 2.42. The first-order valence-corrected chi connectivity index (χ1v) is 13.0.